The van der Waals surface area contributed by atoms with Crippen LogP contribution in [0.1, 0.15) is 38.7 Å². The molecule has 1 nitrogen and oxygen atoms in total. The minimum Gasteiger partial charge on any atom is -0.311 e. The van der Waals surface area contributed by atoms with Crippen LogP contribution in [0.25, 0.3) is 0 Å². The van der Waals surface area contributed by atoms with Crippen molar-refractivity contribution in [3.05, 3.63) is 34.9 Å². The van der Waals surface area contributed by atoms with Crippen molar-refractivity contribution < 1.29 is 0 Å². The zero-order chi connectivity index (χ0) is 12.3. The minimum atomic E-state index is 0.558. The van der Waals surface area contributed by atoms with Crippen LogP contribution in [0.3, 0.4) is 0 Å². The second-order valence-corrected chi connectivity index (χ2v) is 5.73. The van der Waals surface area contributed by atoms with E-state index in [2.05, 4.69) is 31.3 Å². The predicted octanol–water partition coefficient (Wildman–Crippen LogP) is 4.05. The van der Waals surface area contributed by atoms with Crippen molar-refractivity contribution in [1.29, 1.82) is 0 Å². The van der Waals surface area contributed by atoms with Gasteiger partial charge in [0.25, 0.3) is 0 Å². The first-order chi connectivity index (χ1) is 8.19. The molecule has 1 aromatic rings. The molecule has 0 aromatic heterocycles. The molecule has 1 saturated carbocycles. The van der Waals surface area contributed by atoms with Crippen LogP contribution in [-0.4, -0.2) is 12.1 Å². The zero-order valence-electron chi connectivity index (χ0n) is 10.7. The van der Waals surface area contributed by atoms with E-state index in [0.717, 1.165) is 23.4 Å². The molecule has 1 N–H and O–H groups in total. The Labute approximate surface area is 110 Å². The van der Waals surface area contributed by atoms with E-state index in [1.165, 1.54) is 24.8 Å². The third-order valence-corrected chi connectivity index (χ3v) is 3.79. The highest BCUT2D eigenvalue weighted by Crippen LogP contribution is 2.34. The largest absolute Gasteiger partial charge is 0.311 e. The summed E-state index contributed by atoms with van der Waals surface area (Å²) in [6.07, 6.45) is 5.16. The number of nitrogens with one attached hydrogen (secondary N) is 1. The lowest BCUT2D eigenvalue weighted by atomic mass is 10.1. The van der Waals surface area contributed by atoms with E-state index in [-0.39, 0.29) is 0 Å². The summed E-state index contributed by atoms with van der Waals surface area (Å²) in [6, 6.07) is 9.52. The van der Waals surface area contributed by atoms with Gasteiger partial charge in [0, 0.05) is 17.1 Å². The first kappa shape index (κ1) is 12.9. The van der Waals surface area contributed by atoms with Gasteiger partial charge in [-0.25, -0.2) is 0 Å². The van der Waals surface area contributed by atoms with E-state index >= 15 is 0 Å². The summed E-state index contributed by atoms with van der Waals surface area (Å²) in [4.78, 5) is 0. The van der Waals surface area contributed by atoms with E-state index in [9.17, 15) is 0 Å². The first-order valence-corrected chi connectivity index (χ1v) is 7.07. The maximum Gasteiger partial charge on any atom is 0.0406 e. The van der Waals surface area contributed by atoms with Crippen molar-refractivity contribution in [1.82, 2.24) is 5.32 Å². The summed E-state index contributed by atoms with van der Waals surface area (Å²) in [5.74, 6) is 0.938. The van der Waals surface area contributed by atoms with E-state index in [0.29, 0.717) is 6.04 Å². The molecule has 0 saturated heterocycles. The van der Waals surface area contributed by atoms with E-state index < -0.39 is 0 Å². The average Bonchev–Trinajstić information content (AvgIpc) is 3.00. The number of hydrogen-bond donors (Lipinski definition) is 1. The molecular formula is C15H22ClN. The molecule has 0 radical (unpaired) electrons. The van der Waals surface area contributed by atoms with Gasteiger partial charge in [0.2, 0.25) is 0 Å². The lowest BCUT2D eigenvalue weighted by Gasteiger charge is -2.14. The van der Waals surface area contributed by atoms with Gasteiger partial charge in [-0.3, -0.25) is 0 Å². The Morgan fingerprint density at radius 2 is 2.06 bits per heavy atom. The third kappa shape index (κ3) is 4.01. The van der Waals surface area contributed by atoms with Crippen LogP contribution in [0.4, 0.5) is 0 Å². The molecule has 2 rings (SSSR count). The van der Waals surface area contributed by atoms with Gasteiger partial charge in [0.15, 0.2) is 0 Å². The van der Waals surface area contributed by atoms with Crippen LogP contribution >= 0.6 is 11.6 Å². The molecule has 1 aliphatic rings. The van der Waals surface area contributed by atoms with Gasteiger partial charge in [0.05, 0.1) is 0 Å². The predicted molar refractivity (Wildman–Crippen MR) is 74.6 cm³/mol. The van der Waals surface area contributed by atoms with E-state index in [1.807, 2.05) is 12.1 Å². The molecular weight excluding hydrogens is 230 g/mol. The molecule has 94 valence electrons. The SMILES string of the molecule is CCCC1CC1NC(C)Cc1ccc(Cl)cc1. The van der Waals surface area contributed by atoms with Gasteiger partial charge < -0.3 is 5.32 Å². The van der Waals surface area contributed by atoms with Crippen LogP contribution in [0, 0.1) is 5.92 Å². The summed E-state index contributed by atoms with van der Waals surface area (Å²) >= 11 is 5.88. The lowest BCUT2D eigenvalue weighted by molar-refractivity contribution is 0.510. The van der Waals surface area contributed by atoms with E-state index in [1.54, 1.807) is 0 Å². The highest BCUT2D eigenvalue weighted by Gasteiger charge is 2.36. The van der Waals surface area contributed by atoms with Crippen molar-refractivity contribution in [2.24, 2.45) is 5.92 Å². The molecule has 3 unspecified atom stereocenters. The standard InChI is InChI=1S/C15H22ClN/c1-3-4-13-10-15(13)17-11(2)9-12-5-7-14(16)8-6-12/h5-8,11,13,15,17H,3-4,9-10H2,1-2H3. The Morgan fingerprint density at radius 3 is 2.71 bits per heavy atom. The third-order valence-electron chi connectivity index (χ3n) is 3.54. The van der Waals surface area contributed by atoms with Gasteiger partial charge in [-0.2, -0.15) is 0 Å². The second-order valence-electron chi connectivity index (χ2n) is 5.29. The second kappa shape index (κ2) is 5.88. The Morgan fingerprint density at radius 1 is 1.35 bits per heavy atom. The maximum atomic E-state index is 5.88. The molecule has 17 heavy (non-hydrogen) atoms. The van der Waals surface area contributed by atoms with E-state index in [4.69, 9.17) is 11.6 Å². The Kier molecular flexibility index (Phi) is 4.47. The lowest BCUT2D eigenvalue weighted by Crippen LogP contribution is -2.31. The van der Waals surface area contributed by atoms with Crippen LogP contribution in [0.2, 0.25) is 5.02 Å². The maximum absolute atomic E-state index is 5.88. The Bertz CT molecular complexity index is 346. The van der Waals surface area contributed by atoms with Crippen molar-refractivity contribution in [3.8, 4) is 0 Å². The molecule has 1 fully saturated rings. The fourth-order valence-corrected chi connectivity index (χ4v) is 2.67. The van der Waals surface area contributed by atoms with Gasteiger partial charge in [-0.05, 0) is 49.8 Å². The van der Waals surface area contributed by atoms with Gasteiger partial charge >= 0.3 is 0 Å². The van der Waals surface area contributed by atoms with Gasteiger partial charge in [0.1, 0.15) is 0 Å². The van der Waals surface area contributed by atoms with Gasteiger partial charge in [-0.1, -0.05) is 37.1 Å². The minimum absolute atomic E-state index is 0.558. The molecule has 0 spiro atoms. The van der Waals surface area contributed by atoms with Crippen LogP contribution < -0.4 is 5.32 Å². The highest BCUT2D eigenvalue weighted by molar-refractivity contribution is 6.30. The number of rotatable bonds is 6. The van der Waals surface area contributed by atoms with Crippen molar-refractivity contribution in [3.63, 3.8) is 0 Å². The van der Waals surface area contributed by atoms with Crippen molar-refractivity contribution in [2.45, 2.75) is 51.6 Å². The summed E-state index contributed by atoms with van der Waals surface area (Å²) in [5.41, 5.74) is 1.36. The molecule has 0 bridgehead atoms. The highest BCUT2D eigenvalue weighted by atomic mass is 35.5. The number of halogens is 1. The normalized spacial score (nSPS) is 24.6. The van der Waals surface area contributed by atoms with Crippen molar-refractivity contribution in [2.75, 3.05) is 0 Å². The van der Waals surface area contributed by atoms with Crippen LogP contribution in [0.15, 0.2) is 24.3 Å². The molecule has 0 amide bonds. The van der Waals surface area contributed by atoms with Crippen LogP contribution in [0.5, 0.6) is 0 Å². The number of hydrogen-bond acceptors (Lipinski definition) is 1. The monoisotopic (exact) mass is 251 g/mol. The molecule has 1 aromatic carbocycles. The smallest absolute Gasteiger partial charge is 0.0406 e. The molecule has 0 aliphatic heterocycles. The number of benzene rings is 1. The molecule has 3 atom stereocenters. The van der Waals surface area contributed by atoms with Gasteiger partial charge in [-0.15, -0.1) is 0 Å². The quantitative estimate of drug-likeness (QED) is 0.804. The summed E-state index contributed by atoms with van der Waals surface area (Å²) in [5, 5.41) is 4.54. The fraction of sp³-hybridized carbons (Fsp3) is 0.600. The molecule has 2 heteroatoms. The summed E-state index contributed by atoms with van der Waals surface area (Å²) in [6.45, 7) is 4.54. The fourth-order valence-electron chi connectivity index (χ4n) is 2.54. The Balaban J connectivity index is 1.74. The topological polar surface area (TPSA) is 12.0 Å². The average molecular weight is 252 g/mol. The zero-order valence-corrected chi connectivity index (χ0v) is 11.5. The van der Waals surface area contributed by atoms with Crippen molar-refractivity contribution >= 4 is 11.6 Å². The summed E-state index contributed by atoms with van der Waals surface area (Å²) in [7, 11) is 0. The molecule has 1 aliphatic carbocycles. The first-order valence-electron chi connectivity index (χ1n) is 6.69. The Hall–Kier alpha value is -0.530. The molecule has 0 heterocycles. The van der Waals surface area contributed by atoms with Crippen LogP contribution in [-0.2, 0) is 6.42 Å². The summed E-state index contributed by atoms with van der Waals surface area (Å²) < 4.78 is 0.